The molecule has 0 atom stereocenters. The molecule has 0 saturated heterocycles. The molecule has 1 aromatic heterocycles. The first-order valence-electron chi connectivity index (χ1n) is 8.41. The van der Waals surface area contributed by atoms with Gasteiger partial charge in [0.1, 0.15) is 6.54 Å². The zero-order chi connectivity index (χ0) is 18.7. The maximum absolute atomic E-state index is 12.9. The number of halogens is 1. The molecule has 6 heteroatoms. The number of hydrogen-bond donors (Lipinski definition) is 0. The molecule has 134 valence electrons. The average molecular weight is 370 g/mol. The van der Waals surface area contributed by atoms with Gasteiger partial charge in [0, 0.05) is 11.6 Å². The van der Waals surface area contributed by atoms with Crippen LogP contribution >= 0.6 is 11.6 Å². The predicted molar refractivity (Wildman–Crippen MR) is 101 cm³/mol. The van der Waals surface area contributed by atoms with Crippen LogP contribution in [0.25, 0.3) is 11.4 Å². The topological polar surface area (TPSA) is 59.2 Å². The van der Waals surface area contributed by atoms with Crippen LogP contribution in [-0.4, -0.2) is 27.0 Å². The Morgan fingerprint density at radius 3 is 2.65 bits per heavy atom. The second-order valence-electron chi connectivity index (χ2n) is 6.39. The molecule has 2 aromatic carbocycles. The van der Waals surface area contributed by atoms with Crippen LogP contribution in [0.15, 0.2) is 53.1 Å². The van der Waals surface area contributed by atoms with Crippen molar-refractivity contribution in [3.63, 3.8) is 0 Å². The van der Waals surface area contributed by atoms with Gasteiger partial charge in [-0.2, -0.15) is 4.98 Å². The number of nitrogens with zero attached hydrogens (tertiary/aromatic N) is 3. The number of aromatic nitrogens is 2. The average Bonchev–Trinajstić information content (AvgIpc) is 3.08. The molecule has 0 aliphatic carbocycles. The third kappa shape index (κ3) is 3.94. The summed E-state index contributed by atoms with van der Waals surface area (Å²) in [5.74, 6) is 0.731. The van der Waals surface area contributed by atoms with Crippen LogP contribution in [0, 0.1) is 6.92 Å². The van der Waals surface area contributed by atoms with Gasteiger partial charge < -0.3 is 9.42 Å². The van der Waals surface area contributed by atoms with Crippen molar-refractivity contribution < 1.29 is 9.32 Å². The van der Waals surface area contributed by atoms with Gasteiger partial charge >= 0.3 is 0 Å². The van der Waals surface area contributed by atoms with Crippen LogP contribution in [0.5, 0.6) is 0 Å². The lowest BCUT2D eigenvalue weighted by molar-refractivity contribution is 0.0667. The molecule has 0 fully saturated rings. The summed E-state index contributed by atoms with van der Waals surface area (Å²) < 4.78 is 5.37. The lowest BCUT2D eigenvalue weighted by atomic mass is 10.1. The smallest absolute Gasteiger partial charge is 0.256 e. The van der Waals surface area contributed by atoms with Gasteiger partial charge in [0.2, 0.25) is 11.7 Å². The Bertz CT molecular complexity index is 921. The molecule has 1 heterocycles. The van der Waals surface area contributed by atoms with E-state index in [0.717, 1.165) is 11.1 Å². The van der Waals surface area contributed by atoms with Crippen molar-refractivity contribution in [3.05, 3.63) is 70.6 Å². The van der Waals surface area contributed by atoms with E-state index in [1.165, 1.54) is 0 Å². The lowest BCUT2D eigenvalue weighted by Crippen LogP contribution is -2.36. The summed E-state index contributed by atoms with van der Waals surface area (Å²) in [6, 6.07) is 14.8. The minimum atomic E-state index is -0.166. The van der Waals surface area contributed by atoms with Crippen molar-refractivity contribution in [2.45, 2.75) is 33.4 Å². The molecule has 0 aliphatic heterocycles. The van der Waals surface area contributed by atoms with Crippen LogP contribution in [0.3, 0.4) is 0 Å². The highest BCUT2D eigenvalue weighted by molar-refractivity contribution is 6.33. The predicted octanol–water partition coefficient (Wildman–Crippen LogP) is 4.75. The maximum Gasteiger partial charge on any atom is 0.256 e. The summed E-state index contributed by atoms with van der Waals surface area (Å²) in [5.41, 5.74) is 2.46. The second-order valence-corrected chi connectivity index (χ2v) is 6.80. The molecule has 0 N–H and O–H groups in total. The number of benzene rings is 2. The van der Waals surface area contributed by atoms with E-state index in [1.54, 1.807) is 29.2 Å². The molecule has 0 spiro atoms. The van der Waals surface area contributed by atoms with Gasteiger partial charge in [-0.15, -0.1) is 0 Å². The van der Waals surface area contributed by atoms with Gasteiger partial charge in [-0.05, 0) is 39.0 Å². The highest BCUT2D eigenvalue weighted by Crippen LogP contribution is 2.21. The van der Waals surface area contributed by atoms with Crippen molar-refractivity contribution in [1.82, 2.24) is 15.0 Å². The SMILES string of the molecule is Cc1cccc(-c2noc(CN(C(=O)c3ccccc3Cl)C(C)C)n2)c1. The van der Waals surface area contributed by atoms with Crippen LogP contribution in [-0.2, 0) is 6.54 Å². The first-order chi connectivity index (χ1) is 12.5. The number of rotatable bonds is 5. The molecule has 3 rings (SSSR count). The van der Waals surface area contributed by atoms with E-state index in [9.17, 15) is 4.79 Å². The van der Waals surface area contributed by atoms with E-state index in [4.69, 9.17) is 16.1 Å². The fraction of sp³-hybridized carbons (Fsp3) is 0.250. The third-order valence-electron chi connectivity index (χ3n) is 4.04. The van der Waals surface area contributed by atoms with Crippen molar-refractivity contribution >= 4 is 17.5 Å². The van der Waals surface area contributed by atoms with E-state index < -0.39 is 0 Å². The lowest BCUT2D eigenvalue weighted by Gasteiger charge is -2.25. The normalized spacial score (nSPS) is 11.0. The zero-order valence-corrected chi connectivity index (χ0v) is 15.7. The van der Waals surface area contributed by atoms with Gasteiger partial charge in [0.25, 0.3) is 5.91 Å². The summed E-state index contributed by atoms with van der Waals surface area (Å²) in [6.07, 6.45) is 0. The van der Waals surface area contributed by atoms with Crippen molar-refractivity contribution in [2.24, 2.45) is 0 Å². The van der Waals surface area contributed by atoms with Gasteiger partial charge in [-0.25, -0.2) is 0 Å². The first-order valence-corrected chi connectivity index (χ1v) is 8.78. The Hall–Kier alpha value is -2.66. The van der Waals surface area contributed by atoms with Crippen LogP contribution in [0.4, 0.5) is 0 Å². The molecule has 0 unspecified atom stereocenters. The van der Waals surface area contributed by atoms with Crippen LogP contribution < -0.4 is 0 Å². The molecular weight excluding hydrogens is 350 g/mol. The van der Waals surface area contributed by atoms with Crippen molar-refractivity contribution in [3.8, 4) is 11.4 Å². The third-order valence-corrected chi connectivity index (χ3v) is 4.37. The summed E-state index contributed by atoms with van der Waals surface area (Å²) in [6.45, 7) is 6.10. The largest absolute Gasteiger partial charge is 0.337 e. The molecule has 0 aliphatic rings. The van der Waals surface area contributed by atoms with Gasteiger partial charge in [0.05, 0.1) is 10.6 Å². The monoisotopic (exact) mass is 369 g/mol. The minimum Gasteiger partial charge on any atom is -0.337 e. The Morgan fingerprint density at radius 1 is 1.19 bits per heavy atom. The van der Waals surface area contributed by atoms with Crippen LogP contribution in [0.2, 0.25) is 5.02 Å². The summed E-state index contributed by atoms with van der Waals surface area (Å²) in [5, 5.41) is 4.46. The molecule has 0 saturated carbocycles. The fourth-order valence-corrected chi connectivity index (χ4v) is 2.86. The van der Waals surface area contributed by atoms with E-state index in [2.05, 4.69) is 10.1 Å². The Labute approximate surface area is 157 Å². The number of hydrogen-bond acceptors (Lipinski definition) is 4. The number of aryl methyl sites for hydroxylation is 1. The van der Waals surface area contributed by atoms with Crippen LogP contribution in [0.1, 0.15) is 35.7 Å². The quantitative estimate of drug-likeness (QED) is 0.651. The highest BCUT2D eigenvalue weighted by atomic mass is 35.5. The van der Waals surface area contributed by atoms with Crippen molar-refractivity contribution in [1.29, 1.82) is 0 Å². The van der Waals surface area contributed by atoms with E-state index in [-0.39, 0.29) is 18.5 Å². The molecule has 0 radical (unpaired) electrons. The standard InChI is InChI=1S/C20H20ClN3O2/c1-13(2)24(20(25)16-9-4-5-10-17(16)21)12-18-22-19(23-26-18)15-8-6-7-14(3)11-15/h4-11,13H,12H2,1-3H3. The number of carbonyl (C=O) groups excluding carboxylic acids is 1. The number of carbonyl (C=O) groups is 1. The van der Waals surface area contributed by atoms with Gasteiger partial charge in [-0.1, -0.05) is 52.7 Å². The summed E-state index contributed by atoms with van der Waals surface area (Å²) in [7, 11) is 0. The molecule has 26 heavy (non-hydrogen) atoms. The van der Waals surface area contributed by atoms with Crippen molar-refractivity contribution in [2.75, 3.05) is 0 Å². The zero-order valence-electron chi connectivity index (χ0n) is 14.9. The van der Waals surface area contributed by atoms with Gasteiger partial charge in [-0.3, -0.25) is 4.79 Å². The number of amides is 1. The van der Waals surface area contributed by atoms with E-state index in [0.29, 0.717) is 22.3 Å². The Morgan fingerprint density at radius 2 is 1.96 bits per heavy atom. The fourth-order valence-electron chi connectivity index (χ4n) is 2.64. The second kappa shape index (κ2) is 7.70. The molecule has 0 bridgehead atoms. The van der Waals surface area contributed by atoms with E-state index in [1.807, 2.05) is 45.0 Å². The Kier molecular flexibility index (Phi) is 5.38. The highest BCUT2D eigenvalue weighted by Gasteiger charge is 2.23. The molecule has 1 amide bonds. The molecular formula is C20H20ClN3O2. The first kappa shape index (κ1) is 18.1. The molecule has 5 nitrogen and oxygen atoms in total. The summed E-state index contributed by atoms with van der Waals surface area (Å²) >= 11 is 6.17. The Balaban J connectivity index is 1.83. The maximum atomic E-state index is 12.9. The minimum absolute atomic E-state index is 0.0481. The molecule has 3 aromatic rings. The van der Waals surface area contributed by atoms with Gasteiger partial charge in [0.15, 0.2) is 0 Å². The summed E-state index contributed by atoms with van der Waals surface area (Å²) in [4.78, 5) is 19.0. The van der Waals surface area contributed by atoms with E-state index >= 15 is 0 Å².